The summed E-state index contributed by atoms with van der Waals surface area (Å²) < 4.78 is 0. The monoisotopic (exact) mass is 72.1 g/mol. The summed E-state index contributed by atoms with van der Waals surface area (Å²) in [6.45, 7) is 2.05. The van der Waals surface area contributed by atoms with Crippen LogP contribution in [0, 0.1) is 5.92 Å². The Morgan fingerprint density at radius 3 is 2.00 bits per heavy atom. The van der Waals surface area contributed by atoms with Crippen LogP contribution in [0.5, 0.6) is 0 Å². The SMILES string of the molecule is C[C@H]1CC1O. The fourth-order valence-corrected chi connectivity index (χ4v) is 0.302. The summed E-state index contributed by atoms with van der Waals surface area (Å²) in [4.78, 5) is 0. The largest absolute Gasteiger partial charge is 0.393 e. The van der Waals surface area contributed by atoms with E-state index in [0.29, 0.717) is 5.92 Å². The fourth-order valence-electron chi connectivity index (χ4n) is 0.302. The third-order valence-corrected chi connectivity index (χ3v) is 1.07. The highest BCUT2D eigenvalue weighted by atomic mass is 16.3. The van der Waals surface area contributed by atoms with E-state index in [1.807, 2.05) is 6.92 Å². The summed E-state index contributed by atoms with van der Waals surface area (Å²) in [6, 6.07) is 0. The predicted molar refractivity (Wildman–Crippen MR) is 19.8 cm³/mol. The Hall–Kier alpha value is -0.0400. The molecule has 1 nitrogen and oxygen atoms in total. The summed E-state index contributed by atoms with van der Waals surface area (Å²) in [6.07, 6.45) is 1.08. The van der Waals surface area contributed by atoms with Crippen molar-refractivity contribution in [2.24, 2.45) is 5.92 Å². The van der Waals surface area contributed by atoms with E-state index in [1.165, 1.54) is 0 Å². The maximum absolute atomic E-state index is 8.44. The molecule has 1 saturated carbocycles. The Labute approximate surface area is 31.6 Å². The van der Waals surface area contributed by atoms with Gasteiger partial charge >= 0.3 is 0 Å². The minimum absolute atomic E-state index is 0.0509. The number of rotatable bonds is 0. The average Bonchev–Trinajstić information content (AvgIpc) is 1.79. The number of aliphatic hydroxyl groups is 1. The normalized spacial score (nSPS) is 49.2. The van der Waals surface area contributed by atoms with E-state index < -0.39 is 0 Å². The first-order chi connectivity index (χ1) is 2.30. The molecule has 0 heterocycles. The molecule has 1 aliphatic carbocycles. The zero-order valence-electron chi connectivity index (χ0n) is 3.31. The van der Waals surface area contributed by atoms with Gasteiger partial charge in [0, 0.05) is 0 Å². The van der Waals surface area contributed by atoms with E-state index in [1.54, 1.807) is 0 Å². The molecule has 1 N–H and O–H groups in total. The second-order valence-corrected chi connectivity index (χ2v) is 1.78. The lowest BCUT2D eigenvalue weighted by Gasteiger charge is -1.68. The van der Waals surface area contributed by atoms with Crippen molar-refractivity contribution in [3.63, 3.8) is 0 Å². The van der Waals surface area contributed by atoms with Crippen molar-refractivity contribution in [3.8, 4) is 0 Å². The molecular formula is C4H8O. The van der Waals surface area contributed by atoms with Crippen molar-refractivity contribution in [2.45, 2.75) is 19.4 Å². The maximum atomic E-state index is 8.44. The third-order valence-electron chi connectivity index (χ3n) is 1.07. The highest BCUT2D eigenvalue weighted by Gasteiger charge is 2.29. The third kappa shape index (κ3) is 0.428. The van der Waals surface area contributed by atoms with Crippen LogP contribution in [-0.4, -0.2) is 11.2 Å². The van der Waals surface area contributed by atoms with E-state index in [4.69, 9.17) is 5.11 Å². The first-order valence-corrected chi connectivity index (χ1v) is 1.99. The molecule has 0 bridgehead atoms. The van der Waals surface area contributed by atoms with Crippen LogP contribution in [0.2, 0.25) is 0 Å². The summed E-state index contributed by atoms with van der Waals surface area (Å²) >= 11 is 0. The van der Waals surface area contributed by atoms with E-state index in [-0.39, 0.29) is 6.10 Å². The summed E-state index contributed by atoms with van der Waals surface area (Å²) in [5.74, 6) is 0.606. The summed E-state index contributed by atoms with van der Waals surface area (Å²) in [5.41, 5.74) is 0. The van der Waals surface area contributed by atoms with Crippen LogP contribution in [-0.2, 0) is 0 Å². The van der Waals surface area contributed by atoms with Crippen LogP contribution < -0.4 is 0 Å². The molecule has 1 fully saturated rings. The van der Waals surface area contributed by atoms with Crippen LogP contribution in [0.15, 0.2) is 0 Å². The van der Waals surface area contributed by atoms with Gasteiger partial charge in [-0.15, -0.1) is 0 Å². The standard InChI is InChI=1S/C4H8O/c1-3-2-4(3)5/h3-5H,2H2,1H3/t3-,4?/m0/s1. The number of hydrogen-bond donors (Lipinski definition) is 1. The lowest BCUT2D eigenvalue weighted by atomic mass is 10.5. The first kappa shape index (κ1) is 3.16. The van der Waals surface area contributed by atoms with Crippen LogP contribution in [0.3, 0.4) is 0 Å². The molecule has 5 heavy (non-hydrogen) atoms. The molecule has 0 saturated heterocycles. The van der Waals surface area contributed by atoms with Crippen LogP contribution in [0.4, 0.5) is 0 Å². The van der Waals surface area contributed by atoms with Crippen molar-refractivity contribution >= 4 is 0 Å². The number of aliphatic hydroxyl groups excluding tert-OH is 1. The van der Waals surface area contributed by atoms with Gasteiger partial charge in [-0.3, -0.25) is 0 Å². The first-order valence-electron chi connectivity index (χ1n) is 1.99. The molecule has 0 amide bonds. The van der Waals surface area contributed by atoms with Crippen molar-refractivity contribution in [1.82, 2.24) is 0 Å². The lowest BCUT2D eigenvalue weighted by molar-refractivity contribution is 0.263. The maximum Gasteiger partial charge on any atom is 0.0570 e. The second kappa shape index (κ2) is 0.716. The van der Waals surface area contributed by atoms with E-state index in [0.717, 1.165) is 6.42 Å². The highest BCUT2D eigenvalue weighted by molar-refractivity contribution is 4.80. The van der Waals surface area contributed by atoms with Crippen molar-refractivity contribution in [2.75, 3.05) is 0 Å². The molecule has 0 aliphatic heterocycles. The summed E-state index contributed by atoms with van der Waals surface area (Å²) in [7, 11) is 0. The molecule has 1 unspecified atom stereocenters. The molecule has 0 aromatic heterocycles. The van der Waals surface area contributed by atoms with Gasteiger partial charge in [0.15, 0.2) is 0 Å². The molecule has 0 spiro atoms. The lowest BCUT2D eigenvalue weighted by Crippen LogP contribution is -1.74. The van der Waals surface area contributed by atoms with Gasteiger partial charge in [0.25, 0.3) is 0 Å². The van der Waals surface area contributed by atoms with Crippen molar-refractivity contribution in [3.05, 3.63) is 0 Å². The van der Waals surface area contributed by atoms with Gasteiger partial charge in [0.2, 0.25) is 0 Å². The zero-order valence-corrected chi connectivity index (χ0v) is 3.31. The van der Waals surface area contributed by atoms with E-state index in [2.05, 4.69) is 0 Å². The Kier molecular flexibility index (Phi) is 0.453. The second-order valence-electron chi connectivity index (χ2n) is 1.78. The molecule has 1 aliphatic rings. The molecule has 30 valence electrons. The molecule has 1 rings (SSSR count). The predicted octanol–water partition coefficient (Wildman–Crippen LogP) is 0.387. The molecule has 0 aromatic rings. The van der Waals surface area contributed by atoms with E-state index in [9.17, 15) is 0 Å². The van der Waals surface area contributed by atoms with Crippen LogP contribution in [0.1, 0.15) is 13.3 Å². The zero-order chi connectivity index (χ0) is 3.86. The molecule has 0 radical (unpaired) electrons. The van der Waals surface area contributed by atoms with Gasteiger partial charge < -0.3 is 5.11 Å². The Balaban J connectivity index is 2.20. The van der Waals surface area contributed by atoms with Gasteiger partial charge in [-0.25, -0.2) is 0 Å². The topological polar surface area (TPSA) is 20.2 Å². The Morgan fingerprint density at radius 2 is 2.00 bits per heavy atom. The van der Waals surface area contributed by atoms with Gasteiger partial charge in [-0.05, 0) is 12.3 Å². The molecule has 2 atom stereocenters. The smallest absolute Gasteiger partial charge is 0.0570 e. The van der Waals surface area contributed by atoms with Gasteiger partial charge in [-0.2, -0.15) is 0 Å². The Morgan fingerprint density at radius 1 is 1.80 bits per heavy atom. The fraction of sp³-hybridized carbons (Fsp3) is 1.00. The van der Waals surface area contributed by atoms with E-state index >= 15 is 0 Å². The van der Waals surface area contributed by atoms with Gasteiger partial charge in [-0.1, -0.05) is 6.92 Å². The van der Waals surface area contributed by atoms with Crippen LogP contribution >= 0.6 is 0 Å². The minimum atomic E-state index is 0.0509. The van der Waals surface area contributed by atoms with Crippen LogP contribution in [0.25, 0.3) is 0 Å². The van der Waals surface area contributed by atoms with Crippen molar-refractivity contribution in [1.29, 1.82) is 0 Å². The average molecular weight is 72.1 g/mol. The number of hydrogen-bond acceptors (Lipinski definition) is 1. The highest BCUT2D eigenvalue weighted by Crippen LogP contribution is 2.27. The Bertz CT molecular complexity index is 36.9. The summed E-state index contributed by atoms with van der Waals surface area (Å²) in [5, 5.41) is 8.44. The van der Waals surface area contributed by atoms with Crippen molar-refractivity contribution < 1.29 is 5.11 Å². The quantitative estimate of drug-likeness (QED) is 0.439. The molecule has 0 aromatic carbocycles. The van der Waals surface area contributed by atoms with Gasteiger partial charge in [0.05, 0.1) is 6.10 Å². The minimum Gasteiger partial charge on any atom is -0.393 e. The molecule has 1 heteroatoms. The molecular weight excluding hydrogens is 64.0 g/mol. The van der Waals surface area contributed by atoms with Gasteiger partial charge in [0.1, 0.15) is 0 Å².